The Morgan fingerprint density at radius 2 is 1.78 bits per heavy atom. The lowest BCUT2D eigenvalue weighted by molar-refractivity contribution is 0.784. The monoisotopic (exact) mass is 241 g/mol. The molecule has 0 fully saturated rings. The lowest BCUT2D eigenvalue weighted by Gasteiger charge is -2.08. The number of aryl methyl sites for hydroxylation is 1. The van der Waals surface area contributed by atoms with E-state index in [1.165, 1.54) is 5.56 Å². The van der Waals surface area contributed by atoms with Crippen LogP contribution in [0.4, 0.5) is 5.69 Å². The Bertz CT molecular complexity index is 530. The molecule has 0 aliphatic heterocycles. The highest BCUT2D eigenvalue weighted by molar-refractivity contribution is 5.39. The quantitative estimate of drug-likeness (QED) is 0.840. The Morgan fingerprint density at radius 3 is 2.39 bits per heavy atom. The van der Waals surface area contributed by atoms with Gasteiger partial charge in [-0.15, -0.1) is 0 Å². The fourth-order valence-electron chi connectivity index (χ4n) is 1.85. The van der Waals surface area contributed by atoms with Crippen LogP contribution < -0.4 is 5.73 Å². The molecule has 1 aromatic carbocycles. The lowest BCUT2D eigenvalue weighted by Crippen LogP contribution is -2.03. The predicted octanol–water partition coefficient (Wildman–Crippen LogP) is 3.08. The molecule has 0 saturated heterocycles. The molecule has 0 unspecified atom stereocenters. The fourth-order valence-corrected chi connectivity index (χ4v) is 1.85. The number of anilines is 1. The van der Waals surface area contributed by atoms with E-state index in [0.29, 0.717) is 5.92 Å². The van der Waals surface area contributed by atoms with E-state index < -0.39 is 0 Å². The molecular formula is C15H19N3. The first kappa shape index (κ1) is 12.6. The minimum Gasteiger partial charge on any atom is -0.399 e. The van der Waals surface area contributed by atoms with Crippen molar-refractivity contribution in [2.45, 2.75) is 33.1 Å². The SMILES string of the molecule is Cc1cc(C(C)C)nc(Cc2ccc(N)cc2)n1. The van der Waals surface area contributed by atoms with Crippen molar-refractivity contribution in [1.82, 2.24) is 9.97 Å². The third kappa shape index (κ3) is 3.06. The van der Waals surface area contributed by atoms with Crippen molar-refractivity contribution >= 4 is 5.69 Å². The first-order valence-corrected chi connectivity index (χ1v) is 6.23. The first-order valence-electron chi connectivity index (χ1n) is 6.23. The zero-order chi connectivity index (χ0) is 13.1. The number of nitrogens with zero attached hydrogens (tertiary/aromatic N) is 2. The van der Waals surface area contributed by atoms with Crippen molar-refractivity contribution in [2.24, 2.45) is 0 Å². The van der Waals surface area contributed by atoms with Crippen molar-refractivity contribution in [3.63, 3.8) is 0 Å². The number of nitrogen functional groups attached to an aromatic ring is 1. The number of hydrogen-bond acceptors (Lipinski definition) is 3. The summed E-state index contributed by atoms with van der Waals surface area (Å²) in [5.74, 6) is 1.31. The van der Waals surface area contributed by atoms with E-state index in [1.807, 2.05) is 31.2 Å². The summed E-state index contributed by atoms with van der Waals surface area (Å²) in [6, 6.07) is 9.92. The molecule has 1 heterocycles. The Kier molecular flexibility index (Phi) is 3.60. The minimum absolute atomic E-state index is 0.428. The Balaban J connectivity index is 2.26. The molecule has 18 heavy (non-hydrogen) atoms. The van der Waals surface area contributed by atoms with Crippen molar-refractivity contribution in [3.8, 4) is 0 Å². The van der Waals surface area contributed by atoms with Gasteiger partial charge < -0.3 is 5.73 Å². The number of hydrogen-bond donors (Lipinski definition) is 1. The van der Waals surface area contributed by atoms with Gasteiger partial charge in [-0.05, 0) is 36.6 Å². The summed E-state index contributed by atoms with van der Waals surface area (Å²) >= 11 is 0. The highest BCUT2D eigenvalue weighted by atomic mass is 14.9. The molecule has 0 saturated carbocycles. The second kappa shape index (κ2) is 5.17. The minimum atomic E-state index is 0.428. The second-order valence-electron chi connectivity index (χ2n) is 4.92. The van der Waals surface area contributed by atoms with E-state index in [1.54, 1.807) is 0 Å². The number of benzene rings is 1. The molecule has 3 nitrogen and oxygen atoms in total. The summed E-state index contributed by atoms with van der Waals surface area (Å²) in [6.07, 6.45) is 0.752. The van der Waals surface area contributed by atoms with Crippen LogP contribution in [-0.2, 0) is 6.42 Å². The number of rotatable bonds is 3. The highest BCUT2D eigenvalue weighted by Gasteiger charge is 2.06. The van der Waals surface area contributed by atoms with Crippen LogP contribution in [0.25, 0.3) is 0 Å². The maximum atomic E-state index is 5.68. The molecule has 0 atom stereocenters. The van der Waals surface area contributed by atoms with Crippen LogP contribution >= 0.6 is 0 Å². The molecule has 0 spiro atoms. The highest BCUT2D eigenvalue weighted by Crippen LogP contribution is 2.15. The first-order chi connectivity index (χ1) is 8.54. The average molecular weight is 241 g/mol. The van der Waals surface area contributed by atoms with Crippen LogP contribution in [-0.4, -0.2) is 9.97 Å². The molecule has 0 aliphatic carbocycles. The van der Waals surface area contributed by atoms with Gasteiger partial charge in [-0.3, -0.25) is 0 Å². The van der Waals surface area contributed by atoms with E-state index in [2.05, 4.69) is 29.9 Å². The Morgan fingerprint density at radius 1 is 1.11 bits per heavy atom. The van der Waals surface area contributed by atoms with E-state index in [0.717, 1.165) is 29.3 Å². The number of aromatic nitrogens is 2. The molecule has 94 valence electrons. The predicted molar refractivity (Wildman–Crippen MR) is 74.5 cm³/mol. The standard InChI is InChI=1S/C15H19N3/c1-10(2)14-8-11(3)17-15(18-14)9-12-4-6-13(16)7-5-12/h4-8,10H,9,16H2,1-3H3. The zero-order valence-electron chi connectivity index (χ0n) is 11.1. The Hall–Kier alpha value is -1.90. The van der Waals surface area contributed by atoms with Gasteiger partial charge >= 0.3 is 0 Å². The summed E-state index contributed by atoms with van der Waals surface area (Å²) < 4.78 is 0. The van der Waals surface area contributed by atoms with E-state index in [4.69, 9.17) is 5.73 Å². The summed E-state index contributed by atoms with van der Waals surface area (Å²) in [5, 5.41) is 0. The van der Waals surface area contributed by atoms with E-state index in [9.17, 15) is 0 Å². The molecule has 0 bridgehead atoms. The molecular weight excluding hydrogens is 222 g/mol. The van der Waals surface area contributed by atoms with Gasteiger partial charge in [-0.2, -0.15) is 0 Å². The van der Waals surface area contributed by atoms with Gasteiger partial charge in [0.1, 0.15) is 5.82 Å². The zero-order valence-corrected chi connectivity index (χ0v) is 11.1. The fraction of sp³-hybridized carbons (Fsp3) is 0.333. The van der Waals surface area contributed by atoms with Crippen LogP contribution in [0.3, 0.4) is 0 Å². The molecule has 0 radical (unpaired) electrons. The maximum absolute atomic E-state index is 5.68. The van der Waals surface area contributed by atoms with E-state index in [-0.39, 0.29) is 0 Å². The summed E-state index contributed by atoms with van der Waals surface area (Å²) in [5.41, 5.74) is 9.78. The summed E-state index contributed by atoms with van der Waals surface area (Å²) in [6.45, 7) is 6.31. The lowest BCUT2D eigenvalue weighted by atomic mass is 10.1. The van der Waals surface area contributed by atoms with Gasteiger partial charge in [0, 0.05) is 23.5 Å². The third-order valence-electron chi connectivity index (χ3n) is 2.85. The molecule has 3 heteroatoms. The summed E-state index contributed by atoms with van der Waals surface area (Å²) in [7, 11) is 0. The van der Waals surface area contributed by atoms with Gasteiger partial charge in [0.15, 0.2) is 0 Å². The molecule has 2 N–H and O–H groups in total. The normalized spacial score (nSPS) is 10.9. The molecule has 0 amide bonds. The van der Waals surface area contributed by atoms with Crippen LogP contribution in [0, 0.1) is 6.92 Å². The van der Waals surface area contributed by atoms with Crippen molar-refractivity contribution in [3.05, 3.63) is 53.1 Å². The van der Waals surface area contributed by atoms with Crippen LogP contribution in [0.2, 0.25) is 0 Å². The topological polar surface area (TPSA) is 51.8 Å². The maximum Gasteiger partial charge on any atom is 0.133 e. The van der Waals surface area contributed by atoms with Crippen molar-refractivity contribution < 1.29 is 0 Å². The largest absolute Gasteiger partial charge is 0.399 e. The van der Waals surface area contributed by atoms with Crippen molar-refractivity contribution in [2.75, 3.05) is 5.73 Å². The van der Waals surface area contributed by atoms with Gasteiger partial charge in [-0.25, -0.2) is 9.97 Å². The smallest absolute Gasteiger partial charge is 0.133 e. The third-order valence-corrected chi connectivity index (χ3v) is 2.85. The second-order valence-corrected chi connectivity index (χ2v) is 4.92. The molecule has 1 aromatic heterocycles. The molecule has 2 rings (SSSR count). The molecule has 2 aromatic rings. The average Bonchev–Trinajstić information content (AvgIpc) is 2.31. The van der Waals surface area contributed by atoms with Crippen molar-refractivity contribution in [1.29, 1.82) is 0 Å². The molecule has 0 aliphatic rings. The van der Waals surface area contributed by atoms with Gasteiger partial charge in [0.2, 0.25) is 0 Å². The van der Waals surface area contributed by atoms with Gasteiger partial charge in [-0.1, -0.05) is 26.0 Å². The van der Waals surface area contributed by atoms with E-state index >= 15 is 0 Å². The Labute approximate surface area is 108 Å². The van der Waals surface area contributed by atoms with Crippen LogP contribution in [0.15, 0.2) is 30.3 Å². The number of nitrogens with two attached hydrogens (primary N) is 1. The van der Waals surface area contributed by atoms with Gasteiger partial charge in [0.25, 0.3) is 0 Å². The van der Waals surface area contributed by atoms with Gasteiger partial charge in [0.05, 0.1) is 0 Å². The van der Waals surface area contributed by atoms with Crippen LogP contribution in [0.1, 0.15) is 42.5 Å². The van der Waals surface area contributed by atoms with Crippen LogP contribution in [0.5, 0.6) is 0 Å². The summed E-state index contributed by atoms with van der Waals surface area (Å²) in [4.78, 5) is 9.10.